The summed E-state index contributed by atoms with van der Waals surface area (Å²) in [5.74, 6) is 0.327. The molecule has 0 saturated carbocycles. The number of alkyl halides is 3. The SMILES string of the molecule is N#Cc1nccnc1NCC1(c2cccc(C(F)(F)F)c2)CCOCC1. The third-order valence-corrected chi connectivity index (χ3v) is 4.65. The van der Waals surface area contributed by atoms with E-state index >= 15 is 0 Å². The molecule has 1 aliphatic heterocycles. The van der Waals surface area contributed by atoms with Crippen molar-refractivity contribution >= 4 is 5.82 Å². The molecule has 0 unspecified atom stereocenters. The molecule has 3 rings (SSSR count). The van der Waals surface area contributed by atoms with Gasteiger partial charge in [0.1, 0.15) is 6.07 Å². The molecular weight excluding hydrogens is 345 g/mol. The van der Waals surface area contributed by atoms with Crippen LogP contribution >= 0.6 is 0 Å². The number of rotatable bonds is 4. The van der Waals surface area contributed by atoms with Crippen molar-refractivity contribution in [2.24, 2.45) is 0 Å². The molecule has 5 nitrogen and oxygen atoms in total. The Balaban J connectivity index is 1.91. The maximum atomic E-state index is 13.1. The third-order valence-electron chi connectivity index (χ3n) is 4.65. The fourth-order valence-electron chi connectivity index (χ4n) is 3.16. The van der Waals surface area contributed by atoms with E-state index in [1.54, 1.807) is 6.07 Å². The quantitative estimate of drug-likeness (QED) is 0.901. The number of anilines is 1. The van der Waals surface area contributed by atoms with Gasteiger partial charge >= 0.3 is 6.18 Å². The van der Waals surface area contributed by atoms with Crippen molar-refractivity contribution in [3.8, 4) is 6.07 Å². The van der Waals surface area contributed by atoms with Crippen LogP contribution in [0.3, 0.4) is 0 Å². The Morgan fingerprint density at radius 3 is 2.62 bits per heavy atom. The zero-order valence-corrected chi connectivity index (χ0v) is 13.9. The number of nitrogens with zero attached hydrogens (tertiary/aromatic N) is 3. The van der Waals surface area contributed by atoms with Crippen molar-refractivity contribution in [2.45, 2.75) is 24.4 Å². The van der Waals surface area contributed by atoms with Crippen LogP contribution in [-0.4, -0.2) is 29.7 Å². The summed E-state index contributed by atoms with van der Waals surface area (Å²) in [7, 11) is 0. The van der Waals surface area contributed by atoms with Gasteiger partial charge in [-0.25, -0.2) is 9.97 Å². The number of ether oxygens (including phenoxy) is 1. The van der Waals surface area contributed by atoms with Gasteiger partial charge in [0.25, 0.3) is 0 Å². The Labute approximate surface area is 148 Å². The van der Waals surface area contributed by atoms with Crippen molar-refractivity contribution < 1.29 is 17.9 Å². The van der Waals surface area contributed by atoms with Gasteiger partial charge in [-0.1, -0.05) is 18.2 Å². The monoisotopic (exact) mass is 362 g/mol. The van der Waals surface area contributed by atoms with E-state index in [-0.39, 0.29) is 5.69 Å². The first kappa shape index (κ1) is 18.1. The molecule has 1 aromatic carbocycles. The minimum absolute atomic E-state index is 0.152. The van der Waals surface area contributed by atoms with Crippen LogP contribution < -0.4 is 5.32 Å². The minimum Gasteiger partial charge on any atom is -0.381 e. The van der Waals surface area contributed by atoms with Crippen LogP contribution in [-0.2, 0) is 16.3 Å². The van der Waals surface area contributed by atoms with E-state index in [2.05, 4.69) is 15.3 Å². The van der Waals surface area contributed by atoms with Crippen LogP contribution in [0.2, 0.25) is 0 Å². The van der Waals surface area contributed by atoms with E-state index in [4.69, 9.17) is 10.00 Å². The number of nitriles is 1. The summed E-state index contributed by atoms with van der Waals surface area (Å²) in [5, 5.41) is 12.2. The average Bonchev–Trinajstić information content (AvgIpc) is 2.67. The van der Waals surface area contributed by atoms with E-state index in [0.717, 1.165) is 6.07 Å². The van der Waals surface area contributed by atoms with Gasteiger partial charge < -0.3 is 10.1 Å². The zero-order valence-electron chi connectivity index (χ0n) is 13.9. The Bertz CT molecular complexity index is 811. The fraction of sp³-hybridized carbons (Fsp3) is 0.389. The fourth-order valence-corrected chi connectivity index (χ4v) is 3.16. The summed E-state index contributed by atoms with van der Waals surface area (Å²) < 4.78 is 44.8. The first-order chi connectivity index (χ1) is 12.4. The highest BCUT2D eigenvalue weighted by Gasteiger charge is 2.37. The number of hydrogen-bond donors (Lipinski definition) is 1. The second-order valence-electron chi connectivity index (χ2n) is 6.19. The van der Waals surface area contributed by atoms with Gasteiger partial charge in [0.2, 0.25) is 0 Å². The number of nitrogens with one attached hydrogen (secondary N) is 1. The highest BCUT2D eigenvalue weighted by molar-refractivity contribution is 5.47. The van der Waals surface area contributed by atoms with E-state index < -0.39 is 17.2 Å². The standard InChI is InChI=1S/C18H17F3N4O/c19-18(20,21)14-3-1-2-13(10-14)17(4-8-26-9-5-17)12-25-16-15(11-22)23-6-7-24-16/h1-3,6-7,10H,4-5,8-9,12H2,(H,24,25). The van der Waals surface area contributed by atoms with Crippen molar-refractivity contribution in [2.75, 3.05) is 25.1 Å². The first-order valence-electron chi connectivity index (χ1n) is 8.15. The van der Waals surface area contributed by atoms with Crippen LogP contribution in [0.1, 0.15) is 29.7 Å². The molecule has 0 spiro atoms. The molecule has 8 heteroatoms. The van der Waals surface area contributed by atoms with E-state index in [1.807, 2.05) is 6.07 Å². The Morgan fingerprint density at radius 2 is 1.92 bits per heavy atom. The zero-order chi connectivity index (χ0) is 18.6. The molecule has 1 N–H and O–H groups in total. The van der Waals surface area contributed by atoms with Crippen molar-refractivity contribution in [3.63, 3.8) is 0 Å². The maximum absolute atomic E-state index is 13.1. The summed E-state index contributed by atoms with van der Waals surface area (Å²) in [6.07, 6.45) is -0.369. The van der Waals surface area contributed by atoms with Gasteiger partial charge in [0.05, 0.1) is 5.56 Å². The predicted octanol–water partition coefficient (Wildman–Crippen LogP) is 3.53. The maximum Gasteiger partial charge on any atom is 0.416 e. The van der Waals surface area contributed by atoms with Crippen LogP contribution in [0.4, 0.5) is 19.0 Å². The number of hydrogen-bond acceptors (Lipinski definition) is 5. The van der Waals surface area contributed by atoms with Gasteiger partial charge in [-0.2, -0.15) is 18.4 Å². The third kappa shape index (κ3) is 3.78. The highest BCUT2D eigenvalue weighted by atomic mass is 19.4. The number of halogens is 3. The van der Waals surface area contributed by atoms with Gasteiger partial charge in [0, 0.05) is 37.6 Å². The molecule has 1 saturated heterocycles. The van der Waals surface area contributed by atoms with Gasteiger partial charge in [-0.15, -0.1) is 0 Å². The molecule has 1 aromatic heterocycles. The molecule has 2 aromatic rings. The normalized spacial score (nSPS) is 16.7. The van der Waals surface area contributed by atoms with E-state index in [1.165, 1.54) is 24.5 Å². The molecule has 0 bridgehead atoms. The number of aromatic nitrogens is 2. The second kappa shape index (κ2) is 7.30. The molecule has 2 heterocycles. The smallest absolute Gasteiger partial charge is 0.381 e. The Hall–Kier alpha value is -2.66. The lowest BCUT2D eigenvalue weighted by Crippen LogP contribution is -2.40. The van der Waals surface area contributed by atoms with Crippen LogP contribution in [0.25, 0.3) is 0 Å². The van der Waals surface area contributed by atoms with Crippen LogP contribution in [0, 0.1) is 11.3 Å². The van der Waals surface area contributed by atoms with Crippen molar-refractivity contribution in [1.82, 2.24) is 9.97 Å². The lowest BCUT2D eigenvalue weighted by molar-refractivity contribution is -0.137. The predicted molar refractivity (Wildman–Crippen MR) is 88.4 cm³/mol. The van der Waals surface area contributed by atoms with Gasteiger partial charge in [-0.3, -0.25) is 0 Å². The van der Waals surface area contributed by atoms with Crippen molar-refractivity contribution in [3.05, 3.63) is 53.5 Å². The van der Waals surface area contributed by atoms with Gasteiger partial charge in [0.15, 0.2) is 11.5 Å². The lowest BCUT2D eigenvalue weighted by Gasteiger charge is -2.38. The summed E-state index contributed by atoms with van der Waals surface area (Å²) in [4.78, 5) is 8.05. The number of benzene rings is 1. The lowest BCUT2D eigenvalue weighted by atomic mass is 9.73. The molecule has 1 aliphatic rings. The Kier molecular flexibility index (Phi) is 5.09. The van der Waals surface area contributed by atoms with Gasteiger partial charge in [-0.05, 0) is 24.5 Å². The Morgan fingerprint density at radius 1 is 1.19 bits per heavy atom. The van der Waals surface area contributed by atoms with Crippen LogP contribution in [0.5, 0.6) is 0 Å². The molecule has 26 heavy (non-hydrogen) atoms. The largest absolute Gasteiger partial charge is 0.416 e. The summed E-state index contributed by atoms with van der Waals surface area (Å²) in [6, 6.07) is 7.37. The highest BCUT2D eigenvalue weighted by Crippen LogP contribution is 2.38. The molecule has 1 fully saturated rings. The van der Waals surface area contributed by atoms with E-state index in [0.29, 0.717) is 44.0 Å². The minimum atomic E-state index is -4.39. The average molecular weight is 362 g/mol. The first-order valence-corrected chi connectivity index (χ1v) is 8.15. The molecule has 136 valence electrons. The van der Waals surface area contributed by atoms with Crippen LogP contribution in [0.15, 0.2) is 36.7 Å². The summed E-state index contributed by atoms with van der Waals surface area (Å²) in [6.45, 7) is 1.26. The molecule has 0 atom stereocenters. The summed E-state index contributed by atoms with van der Waals surface area (Å²) >= 11 is 0. The van der Waals surface area contributed by atoms with E-state index in [9.17, 15) is 13.2 Å². The molecule has 0 radical (unpaired) electrons. The summed E-state index contributed by atoms with van der Waals surface area (Å²) in [5.41, 5.74) is -0.452. The second-order valence-corrected chi connectivity index (χ2v) is 6.19. The van der Waals surface area contributed by atoms with Crippen molar-refractivity contribution in [1.29, 1.82) is 5.26 Å². The molecular formula is C18H17F3N4O. The molecule has 0 aliphatic carbocycles. The molecule has 0 amide bonds. The topological polar surface area (TPSA) is 70.8 Å².